The Labute approximate surface area is 155 Å². The van der Waals surface area contributed by atoms with Gasteiger partial charge in [0.2, 0.25) is 0 Å². The van der Waals surface area contributed by atoms with Crippen LogP contribution in [-0.2, 0) is 0 Å². The molecule has 0 N–H and O–H groups in total. The van der Waals surface area contributed by atoms with Gasteiger partial charge in [-0.15, -0.1) is 0 Å². The minimum atomic E-state index is 0.232. The van der Waals surface area contributed by atoms with Gasteiger partial charge in [0.1, 0.15) is 0 Å². The summed E-state index contributed by atoms with van der Waals surface area (Å²) in [6.07, 6.45) is 7.40. The van der Waals surface area contributed by atoms with Crippen LogP contribution in [0.25, 0.3) is 0 Å². The number of aryl methyl sites for hydroxylation is 1. The predicted octanol–water partition coefficient (Wildman–Crippen LogP) is 6.23. The molecule has 1 aromatic heterocycles. The second kappa shape index (κ2) is 8.14. The maximum Gasteiger partial charge on any atom is 0.163 e. The largest absolute Gasteiger partial charge is 0.294 e. The maximum absolute atomic E-state index is 12.5. The smallest absolute Gasteiger partial charge is 0.163 e. The van der Waals surface area contributed by atoms with Crippen molar-refractivity contribution in [3.05, 3.63) is 64.4 Å². The van der Waals surface area contributed by atoms with E-state index < -0.39 is 0 Å². The topological polar surface area (TPSA) is 30.0 Å². The average Bonchev–Trinajstić information content (AvgIpc) is 2.62. The number of Topliss-reactive ketones (excluding diaryl/α,β-unsaturated/α-hetero) is 1. The number of rotatable bonds is 5. The zero-order valence-corrected chi connectivity index (χ0v) is 15.8. The van der Waals surface area contributed by atoms with Gasteiger partial charge in [-0.25, -0.2) is 0 Å². The van der Waals surface area contributed by atoms with Crippen LogP contribution >= 0.6 is 11.6 Å². The fourth-order valence-electron chi connectivity index (χ4n) is 4.06. The summed E-state index contributed by atoms with van der Waals surface area (Å²) in [6.45, 7) is 4.29. The number of benzene rings is 1. The minimum absolute atomic E-state index is 0.232. The molecular formula is C22H26ClNO. The maximum atomic E-state index is 12.5. The van der Waals surface area contributed by atoms with Crippen molar-refractivity contribution in [1.82, 2.24) is 4.98 Å². The molecule has 25 heavy (non-hydrogen) atoms. The van der Waals surface area contributed by atoms with Gasteiger partial charge in [0, 0.05) is 28.9 Å². The number of halogens is 1. The third-order valence-electron chi connectivity index (χ3n) is 5.64. The molecule has 0 unspecified atom stereocenters. The number of hydrogen-bond acceptors (Lipinski definition) is 2. The number of ketones is 1. The lowest BCUT2D eigenvalue weighted by atomic mass is 9.73. The molecule has 0 radical (unpaired) electrons. The molecule has 0 amide bonds. The van der Waals surface area contributed by atoms with Crippen molar-refractivity contribution in [3.63, 3.8) is 0 Å². The monoisotopic (exact) mass is 355 g/mol. The molecule has 0 spiro atoms. The molecule has 2 nitrogen and oxygen atoms in total. The van der Waals surface area contributed by atoms with Crippen LogP contribution in [0.2, 0.25) is 5.02 Å². The number of pyridine rings is 1. The van der Waals surface area contributed by atoms with Crippen molar-refractivity contribution in [2.75, 3.05) is 0 Å². The summed E-state index contributed by atoms with van der Waals surface area (Å²) >= 11 is 5.90. The van der Waals surface area contributed by atoms with Gasteiger partial charge in [0.05, 0.1) is 0 Å². The summed E-state index contributed by atoms with van der Waals surface area (Å²) in [5, 5.41) is 0.675. The molecule has 0 aliphatic heterocycles. The van der Waals surface area contributed by atoms with E-state index in [1.807, 2.05) is 18.3 Å². The first kappa shape index (κ1) is 18.1. The molecule has 0 bridgehead atoms. The summed E-state index contributed by atoms with van der Waals surface area (Å²) in [4.78, 5) is 16.8. The van der Waals surface area contributed by atoms with Gasteiger partial charge in [-0.05, 0) is 92.3 Å². The lowest BCUT2D eigenvalue weighted by Crippen LogP contribution is -2.21. The van der Waals surface area contributed by atoms with Gasteiger partial charge in [0.25, 0.3) is 0 Å². The molecule has 1 aliphatic carbocycles. The van der Waals surface area contributed by atoms with Crippen LogP contribution in [0.1, 0.15) is 66.6 Å². The van der Waals surface area contributed by atoms with E-state index in [2.05, 4.69) is 31.0 Å². The molecule has 1 heterocycles. The Balaban J connectivity index is 1.53. The summed E-state index contributed by atoms with van der Waals surface area (Å²) in [5.74, 6) is 1.96. The Kier molecular flexibility index (Phi) is 5.90. The van der Waals surface area contributed by atoms with Crippen LogP contribution in [-0.4, -0.2) is 10.8 Å². The predicted molar refractivity (Wildman–Crippen MR) is 103 cm³/mol. The van der Waals surface area contributed by atoms with E-state index >= 15 is 0 Å². The van der Waals surface area contributed by atoms with E-state index in [9.17, 15) is 4.79 Å². The number of nitrogens with zero attached hydrogens (tertiary/aromatic N) is 1. The van der Waals surface area contributed by atoms with Crippen molar-refractivity contribution >= 4 is 17.4 Å². The molecule has 3 heteroatoms. The van der Waals surface area contributed by atoms with E-state index in [1.165, 1.54) is 31.2 Å². The normalized spacial score (nSPS) is 21.7. The number of carbonyl (C=O) groups excluding carboxylic acids is 1. The fourth-order valence-corrected chi connectivity index (χ4v) is 4.18. The van der Waals surface area contributed by atoms with Crippen molar-refractivity contribution in [1.29, 1.82) is 0 Å². The van der Waals surface area contributed by atoms with Crippen LogP contribution in [0.3, 0.4) is 0 Å². The summed E-state index contributed by atoms with van der Waals surface area (Å²) in [7, 11) is 0. The van der Waals surface area contributed by atoms with Crippen molar-refractivity contribution in [2.45, 2.75) is 51.9 Å². The van der Waals surface area contributed by atoms with Crippen LogP contribution in [0.4, 0.5) is 0 Å². The van der Waals surface area contributed by atoms with Crippen LogP contribution in [0.5, 0.6) is 0 Å². The molecule has 1 saturated carbocycles. The molecule has 1 aliphatic rings. The highest BCUT2D eigenvalue weighted by Gasteiger charge is 2.27. The van der Waals surface area contributed by atoms with E-state index in [-0.39, 0.29) is 5.78 Å². The molecule has 1 atom stereocenters. The van der Waals surface area contributed by atoms with Crippen LogP contribution < -0.4 is 0 Å². The Hall–Kier alpha value is -1.67. The molecule has 1 aromatic carbocycles. The Morgan fingerprint density at radius 1 is 1.16 bits per heavy atom. The fraction of sp³-hybridized carbons (Fsp3) is 0.455. The highest BCUT2D eigenvalue weighted by molar-refractivity contribution is 6.30. The molecule has 132 valence electrons. The van der Waals surface area contributed by atoms with Gasteiger partial charge >= 0.3 is 0 Å². The Bertz CT molecular complexity index is 717. The second-order valence-corrected chi connectivity index (χ2v) is 7.89. The summed E-state index contributed by atoms with van der Waals surface area (Å²) < 4.78 is 0. The van der Waals surface area contributed by atoms with Gasteiger partial charge in [-0.2, -0.15) is 0 Å². The molecule has 0 saturated heterocycles. The summed E-state index contributed by atoms with van der Waals surface area (Å²) in [5.41, 5.74) is 3.30. The highest BCUT2D eigenvalue weighted by Crippen LogP contribution is 2.39. The van der Waals surface area contributed by atoms with E-state index in [0.717, 1.165) is 11.3 Å². The molecule has 1 fully saturated rings. The number of aromatic nitrogens is 1. The van der Waals surface area contributed by atoms with Crippen molar-refractivity contribution in [2.24, 2.45) is 11.8 Å². The second-order valence-electron chi connectivity index (χ2n) is 7.45. The average molecular weight is 356 g/mol. The lowest BCUT2D eigenvalue weighted by molar-refractivity contribution is 0.0937. The zero-order chi connectivity index (χ0) is 17.8. The van der Waals surface area contributed by atoms with Gasteiger partial charge in [-0.1, -0.05) is 18.5 Å². The van der Waals surface area contributed by atoms with Crippen molar-refractivity contribution < 1.29 is 4.79 Å². The molecule has 3 rings (SSSR count). The molecule has 2 aromatic rings. The first-order chi connectivity index (χ1) is 12.0. The number of carbonyl (C=O) groups is 1. The highest BCUT2D eigenvalue weighted by atomic mass is 35.5. The van der Waals surface area contributed by atoms with Gasteiger partial charge in [0.15, 0.2) is 5.78 Å². The minimum Gasteiger partial charge on any atom is -0.294 e. The number of hydrogen-bond donors (Lipinski definition) is 0. The van der Waals surface area contributed by atoms with E-state index in [0.29, 0.717) is 29.2 Å². The Morgan fingerprint density at radius 2 is 1.84 bits per heavy atom. The SMILES string of the molecule is Cc1cc(C2CCC([C@@H](C)CC(=O)c3ccc(Cl)cc3)CC2)ccn1. The first-order valence-corrected chi connectivity index (χ1v) is 9.62. The van der Waals surface area contributed by atoms with Crippen molar-refractivity contribution in [3.8, 4) is 0 Å². The zero-order valence-electron chi connectivity index (χ0n) is 15.0. The Morgan fingerprint density at radius 3 is 2.48 bits per heavy atom. The van der Waals surface area contributed by atoms with Crippen LogP contribution in [0.15, 0.2) is 42.6 Å². The lowest BCUT2D eigenvalue weighted by Gasteiger charge is -2.32. The van der Waals surface area contributed by atoms with Crippen LogP contribution in [0, 0.1) is 18.8 Å². The molecular weight excluding hydrogens is 330 g/mol. The van der Waals surface area contributed by atoms with Gasteiger partial charge in [-0.3, -0.25) is 9.78 Å². The summed E-state index contributed by atoms with van der Waals surface area (Å²) in [6, 6.07) is 11.6. The van der Waals surface area contributed by atoms with E-state index in [1.54, 1.807) is 12.1 Å². The van der Waals surface area contributed by atoms with E-state index in [4.69, 9.17) is 11.6 Å². The third-order valence-corrected chi connectivity index (χ3v) is 5.89. The first-order valence-electron chi connectivity index (χ1n) is 9.24. The van der Waals surface area contributed by atoms with Gasteiger partial charge < -0.3 is 0 Å². The quantitative estimate of drug-likeness (QED) is 0.595. The third kappa shape index (κ3) is 4.70. The standard InChI is InChI=1S/C22H26ClNO/c1-15(13-22(25)19-7-9-21(23)10-8-19)17-3-5-18(6-4-17)20-11-12-24-16(2)14-20/h7-12,14-15,17-18H,3-6,13H2,1-2H3/t15-,17?,18?/m0/s1.